The number of hydrogen-bond donors (Lipinski definition) is 1. The molecule has 1 amide bonds. The standard InChI is InChI=1S/C24H28N6O3/c1-28-10-8-20(27-28)24(32)30-12-7-17(14-30)22-25-19-9-11-29(15-18(19)23(31)26-22)13-16-5-3-4-6-21(16)33-2/h3-6,8,10,17H,7,9,11-15H2,1-2H3,(H,25,26,31). The number of amides is 1. The van der Waals surface area contributed by atoms with E-state index in [1.165, 1.54) is 0 Å². The molecule has 3 aromatic rings. The van der Waals surface area contributed by atoms with Crippen molar-refractivity contribution in [3.8, 4) is 5.75 Å². The van der Waals surface area contributed by atoms with Crippen molar-refractivity contribution in [1.82, 2.24) is 29.5 Å². The van der Waals surface area contributed by atoms with E-state index in [0.29, 0.717) is 31.2 Å². The topological polar surface area (TPSA) is 96.3 Å². The molecule has 1 saturated heterocycles. The largest absolute Gasteiger partial charge is 0.496 e. The molecule has 0 aliphatic carbocycles. The van der Waals surface area contributed by atoms with E-state index in [2.05, 4.69) is 21.0 Å². The van der Waals surface area contributed by atoms with Gasteiger partial charge < -0.3 is 14.6 Å². The number of nitrogens with zero attached hydrogens (tertiary/aromatic N) is 5. The summed E-state index contributed by atoms with van der Waals surface area (Å²) in [7, 11) is 3.47. The summed E-state index contributed by atoms with van der Waals surface area (Å²) in [6, 6.07) is 9.69. The summed E-state index contributed by atoms with van der Waals surface area (Å²) in [5.41, 5.74) is 3.08. The van der Waals surface area contributed by atoms with Crippen LogP contribution in [0.3, 0.4) is 0 Å². The number of benzene rings is 1. The van der Waals surface area contributed by atoms with Crippen LogP contribution < -0.4 is 10.3 Å². The number of aromatic nitrogens is 4. The molecule has 33 heavy (non-hydrogen) atoms. The lowest BCUT2D eigenvalue weighted by atomic mass is 10.0. The maximum atomic E-state index is 13.0. The molecule has 9 heteroatoms. The highest BCUT2D eigenvalue weighted by Gasteiger charge is 2.32. The quantitative estimate of drug-likeness (QED) is 0.638. The lowest BCUT2D eigenvalue weighted by Gasteiger charge is -2.28. The van der Waals surface area contributed by atoms with Gasteiger partial charge in [-0.2, -0.15) is 5.10 Å². The summed E-state index contributed by atoms with van der Waals surface area (Å²) < 4.78 is 7.09. The molecule has 2 aliphatic rings. The minimum atomic E-state index is -0.0783. The fourth-order valence-corrected chi connectivity index (χ4v) is 4.76. The second kappa shape index (κ2) is 8.82. The Balaban J connectivity index is 1.29. The zero-order valence-electron chi connectivity index (χ0n) is 19.0. The van der Waals surface area contributed by atoms with Gasteiger partial charge in [-0.15, -0.1) is 0 Å². The molecule has 1 atom stereocenters. The Kier molecular flexibility index (Phi) is 5.72. The highest BCUT2D eigenvalue weighted by Crippen LogP contribution is 2.27. The van der Waals surface area contributed by atoms with Gasteiger partial charge in [0.1, 0.15) is 17.3 Å². The van der Waals surface area contributed by atoms with Gasteiger partial charge in [0.05, 0.1) is 18.4 Å². The van der Waals surface area contributed by atoms with Crippen LogP contribution in [0.15, 0.2) is 41.3 Å². The first kappa shape index (κ1) is 21.4. The summed E-state index contributed by atoms with van der Waals surface area (Å²) in [6.07, 6.45) is 3.27. The molecule has 0 radical (unpaired) electrons. The lowest BCUT2D eigenvalue weighted by Crippen LogP contribution is -2.36. The fraction of sp³-hybridized carbons (Fsp3) is 0.417. The summed E-state index contributed by atoms with van der Waals surface area (Å²) in [4.78, 5) is 37.6. The molecular formula is C24H28N6O3. The number of aryl methyl sites for hydroxylation is 1. The molecule has 1 aromatic carbocycles. The van der Waals surface area contributed by atoms with E-state index in [4.69, 9.17) is 9.72 Å². The van der Waals surface area contributed by atoms with Crippen molar-refractivity contribution >= 4 is 5.91 Å². The van der Waals surface area contributed by atoms with Gasteiger partial charge in [-0.05, 0) is 18.6 Å². The average molecular weight is 449 g/mol. The van der Waals surface area contributed by atoms with Crippen LogP contribution in [0.5, 0.6) is 5.75 Å². The van der Waals surface area contributed by atoms with E-state index < -0.39 is 0 Å². The highest BCUT2D eigenvalue weighted by atomic mass is 16.5. The van der Waals surface area contributed by atoms with Crippen LogP contribution in [0.2, 0.25) is 0 Å². The van der Waals surface area contributed by atoms with Crippen molar-refractivity contribution in [2.45, 2.75) is 31.8 Å². The monoisotopic (exact) mass is 448 g/mol. The van der Waals surface area contributed by atoms with Crippen LogP contribution in [0, 0.1) is 0 Å². The molecule has 172 valence electrons. The normalized spacial score (nSPS) is 18.4. The molecule has 0 saturated carbocycles. The van der Waals surface area contributed by atoms with E-state index in [1.54, 1.807) is 36.0 Å². The number of carbonyl (C=O) groups excluding carboxylic acids is 1. The number of fused-ring (bicyclic) bond motifs is 1. The minimum Gasteiger partial charge on any atom is -0.496 e. The summed E-state index contributed by atoms with van der Waals surface area (Å²) >= 11 is 0. The van der Waals surface area contributed by atoms with Crippen molar-refractivity contribution < 1.29 is 9.53 Å². The number of likely N-dealkylation sites (tertiary alicyclic amines) is 1. The molecule has 4 heterocycles. The maximum Gasteiger partial charge on any atom is 0.274 e. The van der Waals surface area contributed by atoms with E-state index >= 15 is 0 Å². The number of hydrogen-bond acceptors (Lipinski definition) is 6. The van der Waals surface area contributed by atoms with Crippen LogP contribution in [0.4, 0.5) is 0 Å². The minimum absolute atomic E-state index is 0.0299. The molecule has 9 nitrogen and oxygen atoms in total. The average Bonchev–Trinajstić information content (AvgIpc) is 3.49. The molecule has 2 aromatic heterocycles. The van der Waals surface area contributed by atoms with Crippen molar-refractivity contribution in [2.75, 3.05) is 26.7 Å². The van der Waals surface area contributed by atoms with Crippen molar-refractivity contribution in [3.05, 3.63) is 75.2 Å². The molecule has 1 N–H and O–H groups in total. The smallest absolute Gasteiger partial charge is 0.274 e. The van der Waals surface area contributed by atoms with Gasteiger partial charge >= 0.3 is 0 Å². The predicted octanol–water partition coefficient (Wildman–Crippen LogP) is 1.70. The number of nitrogens with one attached hydrogen (secondary N) is 1. The van der Waals surface area contributed by atoms with Gasteiger partial charge in [0, 0.05) is 63.9 Å². The highest BCUT2D eigenvalue weighted by molar-refractivity contribution is 5.92. The molecule has 2 aliphatic heterocycles. The fourth-order valence-electron chi connectivity index (χ4n) is 4.76. The van der Waals surface area contributed by atoms with Gasteiger partial charge in [0.25, 0.3) is 11.5 Å². The maximum absolute atomic E-state index is 13.0. The van der Waals surface area contributed by atoms with Crippen LogP contribution >= 0.6 is 0 Å². The Labute approximate surface area is 192 Å². The van der Waals surface area contributed by atoms with Gasteiger partial charge in [0.2, 0.25) is 0 Å². The third-order valence-electron chi connectivity index (χ3n) is 6.55. The van der Waals surface area contributed by atoms with E-state index in [1.807, 2.05) is 18.2 Å². The van der Waals surface area contributed by atoms with Crippen LogP contribution in [-0.2, 0) is 26.6 Å². The molecule has 0 bridgehead atoms. The molecule has 1 unspecified atom stereocenters. The van der Waals surface area contributed by atoms with Crippen molar-refractivity contribution in [2.24, 2.45) is 7.05 Å². The lowest BCUT2D eigenvalue weighted by molar-refractivity contribution is 0.0784. The van der Waals surface area contributed by atoms with Gasteiger partial charge in [-0.3, -0.25) is 19.2 Å². The first-order valence-corrected chi connectivity index (χ1v) is 11.3. The first-order valence-electron chi connectivity index (χ1n) is 11.3. The predicted molar refractivity (Wildman–Crippen MR) is 122 cm³/mol. The Morgan fingerprint density at radius 1 is 1.24 bits per heavy atom. The summed E-state index contributed by atoms with van der Waals surface area (Å²) in [6.45, 7) is 3.28. The number of methoxy groups -OCH3 is 1. The number of aromatic amines is 1. The van der Waals surface area contributed by atoms with Gasteiger partial charge in [-0.1, -0.05) is 18.2 Å². The Morgan fingerprint density at radius 3 is 2.88 bits per heavy atom. The third-order valence-corrected chi connectivity index (χ3v) is 6.55. The number of carbonyl (C=O) groups is 1. The SMILES string of the molecule is COc1ccccc1CN1CCc2nc(C3CCN(C(=O)c4ccn(C)n4)C3)[nH]c(=O)c2C1. The van der Waals surface area contributed by atoms with Crippen LogP contribution in [0.25, 0.3) is 0 Å². The first-order chi connectivity index (χ1) is 16.0. The zero-order valence-corrected chi connectivity index (χ0v) is 19.0. The second-order valence-electron chi connectivity index (χ2n) is 8.76. The van der Waals surface area contributed by atoms with E-state index in [-0.39, 0.29) is 17.4 Å². The van der Waals surface area contributed by atoms with E-state index in [9.17, 15) is 9.59 Å². The van der Waals surface area contributed by atoms with E-state index in [0.717, 1.165) is 48.5 Å². The molecule has 1 fully saturated rings. The van der Waals surface area contributed by atoms with Gasteiger partial charge in [-0.25, -0.2) is 4.98 Å². The van der Waals surface area contributed by atoms with Crippen LogP contribution in [-0.4, -0.2) is 62.2 Å². The Bertz CT molecular complexity index is 1230. The Hall–Kier alpha value is -3.46. The zero-order chi connectivity index (χ0) is 22.9. The summed E-state index contributed by atoms with van der Waals surface area (Å²) in [5, 5.41) is 4.21. The Morgan fingerprint density at radius 2 is 2.09 bits per heavy atom. The molecule has 5 rings (SSSR count). The molecular weight excluding hydrogens is 420 g/mol. The number of rotatable bonds is 5. The van der Waals surface area contributed by atoms with Crippen LogP contribution in [0.1, 0.15) is 45.5 Å². The van der Waals surface area contributed by atoms with Crippen molar-refractivity contribution in [3.63, 3.8) is 0 Å². The molecule has 0 spiro atoms. The van der Waals surface area contributed by atoms with Gasteiger partial charge in [0.15, 0.2) is 0 Å². The third kappa shape index (κ3) is 4.28. The second-order valence-corrected chi connectivity index (χ2v) is 8.76. The summed E-state index contributed by atoms with van der Waals surface area (Å²) in [5.74, 6) is 1.50. The van der Waals surface area contributed by atoms with Crippen molar-refractivity contribution in [1.29, 1.82) is 0 Å². The number of H-pyrrole nitrogens is 1. The number of ether oxygens (including phenoxy) is 1. The number of para-hydroxylation sites is 1.